The van der Waals surface area contributed by atoms with Gasteiger partial charge in [0.25, 0.3) is 0 Å². The summed E-state index contributed by atoms with van der Waals surface area (Å²) in [5.74, 6) is -1.71. The SMILES string of the molecule is COc1c(N2CC3CCCN(C(=O)OC(C)Cl)C3C2)c(F)cc2c(=O)c(C(=O)O)cn(C3CC3)c12. The number of fused-ring (bicyclic) bond motifs is 2. The molecular weight excluding hydrogens is 481 g/mol. The average Bonchev–Trinajstić information content (AvgIpc) is 3.55. The highest BCUT2D eigenvalue weighted by Crippen LogP contribution is 2.45. The Morgan fingerprint density at radius 2 is 2.00 bits per heavy atom. The molecule has 2 aliphatic heterocycles. The minimum absolute atomic E-state index is 0.0205. The summed E-state index contributed by atoms with van der Waals surface area (Å²) in [6.07, 6.45) is 4.20. The Hall–Kier alpha value is -3.01. The lowest BCUT2D eigenvalue weighted by Gasteiger charge is -2.36. The second kappa shape index (κ2) is 8.89. The molecule has 1 saturated carbocycles. The Balaban J connectivity index is 1.60. The van der Waals surface area contributed by atoms with E-state index in [0.29, 0.717) is 25.2 Å². The molecule has 3 atom stereocenters. The van der Waals surface area contributed by atoms with E-state index in [0.717, 1.165) is 31.7 Å². The summed E-state index contributed by atoms with van der Waals surface area (Å²) in [6.45, 7) is 2.99. The Morgan fingerprint density at radius 1 is 1.26 bits per heavy atom. The third-order valence-electron chi connectivity index (χ3n) is 7.17. The molecule has 0 radical (unpaired) electrons. The molecule has 11 heteroatoms. The number of ether oxygens (including phenoxy) is 2. The molecule has 1 aromatic carbocycles. The summed E-state index contributed by atoms with van der Waals surface area (Å²) in [7, 11) is 1.42. The summed E-state index contributed by atoms with van der Waals surface area (Å²) >= 11 is 5.85. The number of hydrogen-bond acceptors (Lipinski definition) is 6. The van der Waals surface area contributed by atoms with Gasteiger partial charge in [0.05, 0.1) is 24.1 Å². The Kier molecular flexibility index (Phi) is 6.03. The van der Waals surface area contributed by atoms with E-state index in [9.17, 15) is 19.5 Å². The van der Waals surface area contributed by atoms with Crippen LogP contribution in [-0.2, 0) is 4.74 Å². The van der Waals surface area contributed by atoms with Crippen LogP contribution >= 0.6 is 11.6 Å². The number of halogens is 2. The number of benzene rings is 1. The first-order valence-electron chi connectivity index (χ1n) is 11.8. The fourth-order valence-corrected chi connectivity index (χ4v) is 5.60. The highest BCUT2D eigenvalue weighted by Gasteiger charge is 2.43. The van der Waals surface area contributed by atoms with Crippen molar-refractivity contribution in [2.75, 3.05) is 31.6 Å². The Labute approximate surface area is 205 Å². The molecule has 2 aromatic rings. The van der Waals surface area contributed by atoms with Gasteiger partial charge in [0, 0.05) is 31.9 Å². The zero-order chi connectivity index (χ0) is 25.0. The third kappa shape index (κ3) is 4.07. The molecule has 3 fully saturated rings. The summed E-state index contributed by atoms with van der Waals surface area (Å²) < 4.78 is 28.3. The number of nitrogens with zero attached hydrogens (tertiary/aromatic N) is 3. The maximum Gasteiger partial charge on any atom is 0.411 e. The monoisotopic (exact) mass is 507 g/mol. The van der Waals surface area contributed by atoms with Crippen molar-refractivity contribution in [3.63, 3.8) is 0 Å². The number of aromatic carboxylic acids is 1. The van der Waals surface area contributed by atoms with Crippen molar-refractivity contribution in [3.8, 4) is 5.75 Å². The molecule has 35 heavy (non-hydrogen) atoms. The summed E-state index contributed by atoms with van der Waals surface area (Å²) in [5, 5.41) is 9.50. The van der Waals surface area contributed by atoms with Gasteiger partial charge in [-0.3, -0.25) is 4.79 Å². The number of anilines is 1. The van der Waals surface area contributed by atoms with Crippen LogP contribution in [0.3, 0.4) is 0 Å². The molecule has 0 bridgehead atoms. The molecule has 9 nitrogen and oxygen atoms in total. The number of amides is 1. The molecule has 3 aliphatic rings. The highest BCUT2D eigenvalue weighted by molar-refractivity contribution is 6.19. The first kappa shape index (κ1) is 23.7. The third-order valence-corrected chi connectivity index (χ3v) is 7.26. The van der Waals surface area contributed by atoms with Gasteiger partial charge in [0.15, 0.2) is 17.1 Å². The van der Waals surface area contributed by atoms with Gasteiger partial charge in [-0.25, -0.2) is 14.0 Å². The van der Waals surface area contributed by atoms with Crippen LogP contribution in [0.5, 0.6) is 5.75 Å². The maximum atomic E-state index is 15.6. The van der Waals surface area contributed by atoms with Gasteiger partial charge in [0.1, 0.15) is 11.3 Å². The van der Waals surface area contributed by atoms with Crippen LogP contribution in [0, 0.1) is 11.7 Å². The zero-order valence-electron chi connectivity index (χ0n) is 19.5. The van der Waals surface area contributed by atoms with Crippen LogP contribution < -0.4 is 15.1 Å². The Bertz CT molecular complexity index is 1260. The highest BCUT2D eigenvalue weighted by atomic mass is 35.5. The number of methoxy groups -OCH3 is 1. The molecule has 3 heterocycles. The molecule has 5 rings (SSSR count). The van der Waals surface area contributed by atoms with E-state index in [-0.39, 0.29) is 34.8 Å². The first-order valence-corrected chi connectivity index (χ1v) is 12.2. The number of carboxylic acid groups (broad SMARTS) is 1. The van der Waals surface area contributed by atoms with Gasteiger partial charge in [0.2, 0.25) is 5.43 Å². The van der Waals surface area contributed by atoms with E-state index >= 15 is 4.39 Å². The minimum Gasteiger partial charge on any atom is -0.492 e. The van der Waals surface area contributed by atoms with Crippen molar-refractivity contribution in [1.82, 2.24) is 9.47 Å². The molecular formula is C24H27ClFN3O6. The number of alkyl halides is 1. The van der Waals surface area contributed by atoms with Crippen molar-refractivity contribution in [2.45, 2.75) is 50.3 Å². The number of carbonyl (C=O) groups is 2. The number of rotatable bonds is 5. The van der Waals surface area contributed by atoms with E-state index < -0.39 is 34.4 Å². The van der Waals surface area contributed by atoms with Crippen LogP contribution in [0.2, 0.25) is 0 Å². The fourth-order valence-electron chi connectivity index (χ4n) is 5.52. The fraction of sp³-hybridized carbons (Fsp3) is 0.542. The number of carbonyl (C=O) groups excluding carboxylic acids is 1. The standard InChI is InChI=1S/C24H27ClFN3O6/c1-12(25)35-24(33)28-7-3-4-13-9-27(11-18(13)28)20-17(26)8-15-19(22(20)34-2)29(14-5-6-14)10-16(21(15)30)23(31)32/h8,10,12-14,18H,3-7,9,11H2,1-2H3,(H,31,32). The summed E-state index contributed by atoms with van der Waals surface area (Å²) in [4.78, 5) is 40.7. The predicted octanol–water partition coefficient (Wildman–Crippen LogP) is 3.80. The van der Waals surface area contributed by atoms with Crippen LogP contribution in [-0.4, -0.2) is 65.0 Å². The van der Waals surface area contributed by atoms with E-state index in [1.165, 1.54) is 13.3 Å². The predicted molar refractivity (Wildman–Crippen MR) is 127 cm³/mol. The van der Waals surface area contributed by atoms with E-state index in [2.05, 4.69) is 0 Å². The molecule has 1 amide bonds. The van der Waals surface area contributed by atoms with Gasteiger partial charge >= 0.3 is 12.1 Å². The molecule has 1 N–H and O–H groups in total. The molecule has 188 valence electrons. The van der Waals surface area contributed by atoms with Gasteiger partial charge < -0.3 is 28.9 Å². The lowest BCUT2D eigenvalue weighted by Crippen LogP contribution is -2.49. The first-order chi connectivity index (χ1) is 16.7. The van der Waals surface area contributed by atoms with Crippen LogP contribution in [0.1, 0.15) is 49.0 Å². The lowest BCUT2D eigenvalue weighted by atomic mass is 9.92. The second-order valence-electron chi connectivity index (χ2n) is 9.45. The van der Waals surface area contributed by atoms with Gasteiger partial charge in [-0.05, 0) is 44.6 Å². The number of hydrogen-bond donors (Lipinski definition) is 1. The molecule has 1 aliphatic carbocycles. The number of likely N-dealkylation sites (tertiary alicyclic amines) is 1. The van der Waals surface area contributed by atoms with Crippen molar-refractivity contribution in [3.05, 3.63) is 33.9 Å². The van der Waals surface area contributed by atoms with Crippen LogP contribution in [0.15, 0.2) is 17.1 Å². The van der Waals surface area contributed by atoms with Crippen molar-refractivity contribution >= 4 is 40.3 Å². The molecule has 2 saturated heterocycles. The van der Waals surface area contributed by atoms with E-state index in [1.807, 2.05) is 4.90 Å². The molecule has 1 aromatic heterocycles. The minimum atomic E-state index is -1.35. The quantitative estimate of drug-likeness (QED) is 0.614. The maximum absolute atomic E-state index is 15.6. The number of carboxylic acids is 1. The zero-order valence-corrected chi connectivity index (χ0v) is 20.3. The van der Waals surface area contributed by atoms with Crippen LogP contribution in [0.4, 0.5) is 14.9 Å². The Morgan fingerprint density at radius 3 is 2.63 bits per heavy atom. The van der Waals surface area contributed by atoms with Crippen molar-refractivity contribution in [1.29, 1.82) is 0 Å². The number of pyridine rings is 1. The van der Waals surface area contributed by atoms with E-state index in [1.54, 1.807) is 16.4 Å². The van der Waals surface area contributed by atoms with Crippen molar-refractivity contribution in [2.24, 2.45) is 5.92 Å². The number of aromatic nitrogens is 1. The van der Waals surface area contributed by atoms with E-state index in [4.69, 9.17) is 21.1 Å². The largest absolute Gasteiger partial charge is 0.492 e. The summed E-state index contributed by atoms with van der Waals surface area (Å²) in [6, 6.07) is 0.961. The molecule has 3 unspecified atom stereocenters. The second-order valence-corrected chi connectivity index (χ2v) is 10.1. The normalized spacial score (nSPS) is 22.7. The molecule has 0 spiro atoms. The van der Waals surface area contributed by atoms with Gasteiger partial charge in [-0.1, -0.05) is 11.6 Å². The van der Waals surface area contributed by atoms with Gasteiger partial charge in [-0.15, -0.1) is 0 Å². The summed E-state index contributed by atoms with van der Waals surface area (Å²) in [5.41, 5.74) is -1.29. The van der Waals surface area contributed by atoms with Gasteiger partial charge in [-0.2, -0.15) is 0 Å². The average molecular weight is 508 g/mol. The van der Waals surface area contributed by atoms with Crippen LogP contribution in [0.25, 0.3) is 10.9 Å². The van der Waals surface area contributed by atoms with Crippen molar-refractivity contribution < 1.29 is 28.6 Å². The smallest absolute Gasteiger partial charge is 0.411 e. The topological polar surface area (TPSA) is 101 Å². The lowest BCUT2D eigenvalue weighted by molar-refractivity contribution is 0.0612. The number of piperidine rings is 1.